The Hall–Kier alpha value is -1.82. The first-order valence-electron chi connectivity index (χ1n) is 8.26. The molecule has 2 aromatic rings. The fourth-order valence-corrected chi connectivity index (χ4v) is 3.18. The number of halogens is 1. The molecule has 0 unspecified atom stereocenters. The van der Waals surface area contributed by atoms with E-state index in [2.05, 4.69) is 20.4 Å². The summed E-state index contributed by atoms with van der Waals surface area (Å²) in [7, 11) is 0. The van der Waals surface area contributed by atoms with Gasteiger partial charge in [0.25, 0.3) is 0 Å². The van der Waals surface area contributed by atoms with Gasteiger partial charge in [-0.1, -0.05) is 37.3 Å². The Morgan fingerprint density at radius 2 is 2.09 bits per heavy atom. The first-order valence-corrected chi connectivity index (χ1v) is 8.64. The summed E-state index contributed by atoms with van der Waals surface area (Å²) in [6.07, 6.45) is 13.7. The molecular formula is C16H23ClN6. The van der Waals surface area contributed by atoms with Crippen LogP contribution in [0.15, 0.2) is 23.6 Å². The van der Waals surface area contributed by atoms with Crippen LogP contribution in [-0.4, -0.2) is 33.1 Å². The molecule has 0 saturated heterocycles. The zero-order valence-corrected chi connectivity index (χ0v) is 14.0. The number of nitrogens with zero attached hydrogens (tertiary/aromatic N) is 4. The van der Waals surface area contributed by atoms with E-state index in [4.69, 9.17) is 17.3 Å². The maximum Gasteiger partial charge on any atom is 0.188 e. The summed E-state index contributed by atoms with van der Waals surface area (Å²) >= 11 is 5.98. The van der Waals surface area contributed by atoms with Crippen molar-refractivity contribution in [2.75, 3.05) is 6.54 Å². The fraction of sp³-hybridized carbons (Fsp3) is 0.562. The van der Waals surface area contributed by atoms with E-state index in [1.54, 1.807) is 10.7 Å². The third-order valence-electron chi connectivity index (χ3n) is 4.26. The Labute approximate surface area is 141 Å². The molecule has 1 saturated carbocycles. The second-order valence-corrected chi connectivity index (χ2v) is 6.48. The van der Waals surface area contributed by atoms with Crippen molar-refractivity contribution in [3.8, 4) is 0 Å². The van der Waals surface area contributed by atoms with E-state index in [0.29, 0.717) is 29.2 Å². The smallest absolute Gasteiger partial charge is 0.188 e. The minimum absolute atomic E-state index is 0.477. The van der Waals surface area contributed by atoms with Crippen LogP contribution < -0.4 is 11.1 Å². The molecule has 1 fully saturated rings. The maximum atomic E-state index is 6.00. The average Bonchev–Trinajstić information content (AvgIpc) is 2.74. The number of fused-ring (bicyclic) bond motifs is 1. The molecule has 0 radical (unpaired) electrons. The van der Waals surface area contributed by atoms with Crippen molar-refractivity contribution in [3.05, 3.63) is 29.2 Å². The first-order chi connectivity index (χ1) is 11.2. The van der Waals surface area contributed by atoms with Crippen molar-refractivity contribution in [2.45, 2.75) is 51.0 Å². The van der Waals surface area contributed by atoms with Crippen LogP contribution in [0.1, 0.15) is 44.1 Å². The minimum atomic E-state index is 0.477. The zero-order valence-electron chi connectivity index (χ0n) is 13.2. The molecule has 0 atom stereocenters. The molecule has 1 aliphatic rings. The van der Waals surface area contributed by atoms with Gasteiger partial charge in [-0.15, -0.1) is 0 Å². The van der Waals surface area contributed by atoms with E-state index >= 15 is 0 Å². The minimum Gasteiger partial charge on any atom is -0.370 e. The summed E-state index contributed by atoms with van der Waals surface area (Å²) in [6.45, 7) is 0.633. The van der Waals surface area contributed by atoms with Crippen LogP contribution in [0.2, 0.25) is 5.02 Å². The predicted molar refractivity (Wildman–Crippen MR) is 92.8 cm³/mol. The van der Waals surface area contributed by atoms with E-state index in [0.717, 1.165) is 12.0 Å². The molecule has 3 N–H and O–H groups in total. The second kappa shape index (κ2) is 7.64. The standard InChI is InChI=1S/C16H23ClN6/c17-14-10-21-23-11-12(9-20-15(14)23)7-8-19-16(18)22-13-5-3-1-2-4-6-13/h9-11,13H,1-8H2,(H3,18,19,22). The lowest BCUT2D eigenvalue weighted by Gasteiger charge is -2.16. The monoisotopic (exact) mass is 334 g/mol. The number of hydrogen-bond acceptors (Lipinski definition) is 3. The highest BCUT2D eigenvalue weighted by Crippen LogP contribution is 2.17. The summed E-state index contributed by atoms with van der Waals surface area (Å²) in [5, 5.41) is 8.07. The first kappa shape index (κ1) is 16.1. The van der Waals surface area contributed by atoms with Gasteiger partial charge >= 0.3 is 0 Å². The predicted octanol–water partition coefficient (Wildman–Crippen LogP) is 2.55. The van der Waals surface area contributed by atoms with E-state index in [1.165, 1.54) is 38.5 Å². The van der Waals surface area contributed by atoms with E-state index < -0.39 is 0 Å². The molecule has 6 nitrogen and oxygen atoms in total. The van der Waals surface area contributed by atoms with Gasteiger partial charge in [0.15, 0.2) is 11.6 Å². The largest absolute Gasteiger partial charge is 0.370 e. The SMILES string of the molecule is NC(=NCCc1cnc2c(Cl)cnn2c1)NC1CCCCCC1. The zero-order chi connectivity index (χ0) is 16.1. The number of aliphatic imine (C=N–C) groups is 1. The van der Waals surface area contributed by atoms with Gasteiger partial charge in [-0.2, -0.15) is 5.10 Å². The van der Waals surface area contributed by atoms with Crippen molar-refractivity contribution in [2.24, 2.45) is 10.7 Å². The summed E-state index contributed by atoms with van der Waals surface area (Å²) < 4.78 is 1.69. The molecule has 0 aliphatic heterocycles. The molecular weight excluding hydrogens is 312 g/mol. The number of nitrogens with one attached hydrogen (secondary N) is 1. The molecule has 2 heterocycles. The highest BCUT2D eigenvalue weighted by molar-refractivity contribution is 6.33. The van der Waals surface area contributed by atoms with Gasteiger partial charge in [-0.3, -0.25) is 4.99 Å². The Bertz CT molecular complexity index is 672. The van der Waals surface area contributed by atoms with E-state index in [-0.39, 0.29) is 0 Å². The van der Waals surface area contributed by atoms with Gasteiger partial charge in [0.1, 0.15) is 5.02 Å². The van der Waals surface area contributed by atoms with E-state index in [9.17, 15) is 0 Å². The lowest BCUT2D eigenvalue weighted by molar-refractivity contribution is 0.530. The van der Waals surface area contributed by atoms with Crippen LogP contribution in [0.5, 0.6) is 0 Å². The van der Waals surface area contributed by atoms with Crippen molar-refractivity contribution in [3.63, 3.8) is 0 Å². The summed E-state index contributed by atoms with van der Waals surface area (Å²) in [5.41, 5.74) is 7.73. The summed E-state index contributed by atoms with van der Waals surface area (Å²) in [5.74, 6) is 0.549. The Morgan fingerprint density at radius 1 is 1.30 bits per heavy atom. The molecule has 1 aliphatic carbocycles. The average molecular weight is 335 g/mol. The number of hydrogen-bond donors (Lipinski definition) is 2. The lowest BCUT2D eigenvalue weighted by Crippen LogP contribution is -2.40. The van der Waals surface area contributed by atoms with Gasteiger partial charge < -0.3 is 11.1 Å². The molecule has 0 amide bonds. The van der Waals surface area contributed by atoms with Crippen molar-refractivity contribution in [1.82, 2.24) is 19.9 Å². The van der Waals surface area contributed by atoms with E-state index in [1.807, 2.05) is 12.4 Å². The topological polar surface area (TPSA) is 80.6 Å². The molecule has 124 valence electrons. The highest BCUT2D eigenvalue weighted by Gasteiger charge is 2.12. The molecule has 0 bridgehead atoms. The van der Waals surface area contributed by atoms with Crippen molar-refractivity contribution >= 4 is 23.2 Å². The van der Waals surface area contributed by atoms with Gasteiger partial charge in [0, 0.05) is 25.0 Å². The Kier molecular flexibility index (Phi) is 5.33. The third-order valence-corrected chi connectivity index (χ3v) is 4.52. The number of nitrogens with two attached hydrogens (primary N) is 1. The molecule has 0 spiro atoms. The lowest BCUT2D eigenvalue weighted by atomic mass is 10.1. The quantitative estimate of drug-likeness (QED) is 0.511. The molecule has 2 aromatic heterocycles. The maximum absolute atomic E-state index is 6.00. The number of rotatable bonds is 4. The molecule has 0 aromatic carbocycles. The highest BCUT2D eigenvalue weighted by atomic mass is 35.5. The Morgan fingerprint density at radius 3 is 2.87 bits per heavy atom. The van der Waals surface area contributed by atoms with Crippen LogP contribution in [-0.2, 0) is 6.42 Å². The summed E-state index contributed by atoms with van der Waals surface area (Å²) in [4.78, 5) is 8.74. The van der Waals surface area contributed by atoms with Crippen molar-refractivity contribution in [1.29, 1.82) is 0 Å². The molecule has 3 rings (SSSR count). The van der Waals surface area contributed by atoms with Crippen LogP contribution in [0.3, 0.4) is 0 Å². The van der Waals surface area contributed by atoms with Crippen LogP contribution in [0.25, 0.3) is 5.65 Å². The fourth-order valence-electron chi connectivity index (χ4n) is 3.00. The van der Waals surface area contributed by atoms with Gasteiger partial charge in [0.05, 0.1) is 6.20 Å². The summed E-state index contributed by atoms with van der Waals surface area (Å²) in [6, 6.07) is 0.477. The van der Waals surface area contributed by atoms with Gasteiger partial charge in [-0.25, -0.2) is 9.50 Å². The van der Waals surface area contributed by atoms with Crippen LogP contribution in [0, 0.1) is 0 Å². The van der Waals surface area contributed by atoms with Crippen LogP contribution >= 0.6 is 11.6 Å². The number of aromatic nitrogens is 3. The van der Waals surface area contributed by atoms with Crippen molar-refractivity contribution < 1.29 is 0 Å². The Balaban J connectivity index is 1.52. The normalized spacial score (nSPS) is 17.3. The van der Waals surface area contributed by atoms with Gasteiger partial charge in [-0.05, 0) is 24.8 Å². The van der Waals surface area contributed by atoms with Crippen LogP contribution in [0.4, 0.5) is 0 Å². The molecule has 7 heteroatoms. The number of guanidine groups is 1. The van der Waals surface area contributed by atoms with Gasteiger partial charge in [0.2, 0.25) is 0 Å². The molecule has 23 heavy (non-hydrogen) atoms. The third kappa shape index (κ3) is 4.34. The second-order valence-electron chi connectivity index (χ2n) is 6.07.